The Labute approximate surface area is 116 Å². The highest BCUT2D eigenvalue weighted by Crippen LogP contribution is 2.23. The van der Waals surface area contributed by atoms with Crippen molar-refractivity contribution < 1.29 is 8.78 Å². The third-order valence-corrected chi connectivity index (χ3v) is 3.51. The summed E-state index contributed by atoms with van der Waals surface area (Å²) in [5.74, 6) is -0.538. The second-order valence-electron chi connectivity index (χ2n) is 5.03. The first-order valence-electron chi connectivity index (χ1n) is 6.27. The number of benzene rings is 1. The van der Waals surface area contributed by atoms with Crippen molar-refractivity contribution in [1.82, 2.24) is 5.32 Å². The maximum atomic E-state index is 13.7. The van der Waals surface area contributed by atoms with Crippen molar-refractivity contribution in [2.24, 2.45) is 5.92 Å². The standard InChI is InChI=1S/C14H20BrF2N/c1-9(2)18-8-10(3)4-5-11-13(16)7-6-12(15)14(11)17/h6-7,9-10,18H,4-5,8H2,1-3H3. The molecule has 0 aliphatic heterocycles. The molecule has 1 rings (SSSR count). The van der Waals surface area contributed by atoms with Gasteiger partial charge in [-0.25, -0.2) is 8.78 Å². The third kappa shape index (κ3) is 4.65. The van der Waals surface area contributed by atoms with E-state index in [2.05, 4.69) is 42.0 Å². The van der Waals surface area contributed by atoms with Gasteiger partial charge in [0.15, 0.2) is 0 Å². The summed E-state index contributed by atoms with van der Waals surface area (Å²) in [5, 5.41) is 3.33. The fraction of sp³-hybridized carbons (Fsp3) is 0.571. The Morgan fingerprint density at radius 1 is 1.22 bits per heavy atom. The molecule has 1 atom stereocenters. The fourth-order valence-electron chi connectivity index (χ4n) is 1.73. The number of hydrogen-bond acceptors (Lipinski definition) is 1. The lowest BCUT2D eigenvalue weighted by molar-refractivity contribution is 0.444. The van der Waals surface area contributed by atoms with Gasteiger partial charge in [0.05, 0.1) is 4.47 Å². The fourth-order valence-corrected chi connectivity index (χ4v) is 2.10. The van der Waals surface area contributed by atoms with E-state index in [0.717, 1.165) is 13.0 Å². The molecule has 0 spiro atoms. The maximum Gasteiger partial charge on any atom is 0.143 e. The third-order valence-electron chi connectivity index (χ3n) is 2.90. The molecule has 102 valence electrons. The van der Waals surface area contributed by atoms with E-state index in [1.807, 2.05) is 0 Å². The normalized spacial score (nSPS) is 13.1. The minimum atomic E-state index is -0.473. The van der Waals surface area contributed by atoms with Gasteiger partial charge in [0.2, 0.25) is 0 Å². The van der Waals surface area contributed by atoms with Gasteiger partial charge < -0.3 is 5.32 Å². The Kier molecular flexibility index (Phi) is 6.22. The van der Waals surface area contributed by atoms with Crippen LogP contribution in [0.1, 0.15) is 32.8 Å². The smallest absolute Gasteiger partial charge is 0.143 e. The highest BCUT2D eigenvalue weighted by atomic mass is 79.9. The largest absolute Gasteiger partial charge is 0.314 e. The zero-order chi connectivity index (χ0) is 13.7. The molecule has 0 aromatic heterocycles. The first-order valence-corrected chi connectivity index (χ1v) is 7.06. The van der Waals surface area contributed by atoms with Crippen LogP contribution in [0.5, 0.6) is 0 Å². The van der Waals surface area contributed by atoms with Crippen LogP contribution in [0, 0.1) is 17.6 Å². The Bertz CT molecular complexity index is 394. The molecule has 0 fully saturated rings. The van der Waals surface area contributed by atoms with Gasteiger partial charge in [-0.1, -0.05) is 20.8 Å². The topological polar surface area (TPSA) is 12.0 Å². The van der Waals surface area contributed by atoms with Crippen molar-refractivity contribution in [2.45, 2.75) is 39.7 Å². The Balaban J connectivity index is 2.55. The molecular weight excluding hydrogens is 300 g/mol. The van der Waals surface area contributed by atoms with E-state index >= 15 is 0 Å². The second-order valence-corrected chi connectivity index (χ2v) is 5.88. The quantitative estimate of drug-likeness (QED) is 0.771. The number of hydrogen-bond donors (Lipinski definition) is 1. The van der Waals surface area contributed by atoms with Crippen LogP contribution in [0.15, 0.2) is 16.6 Å². The van der Waals surface area contributed by atoms with E-state index in [1.54, 1.807) is 0 Å². The molecule has 1 unspecified atom stereocenters. The highest BCUT2D eigenvalue weighted by Gasteiger charge is 2.13. The molecule has 0 heterocycles. The molecule has 0 aliphatic rings. The molecule has 4 heteroatoms. The number of halogens is 3. The average Bonchev–Trinajstić information content (AvgIpc) is 2.31. The summed E-state index contributed by atoms with van der Waals surface area (Å²) in [4.78, 5) is 0. The molecule has 1 N–H and O–H groups in total. The minimum absolute atomic E-state index is 0.181. The van der Waals surface area contributed by atoms with Crippen molar-refractivity contribution in [1.29, 1.82) is 0 Å². The first-order chi connectivity index (χ1) is 8.41. The lowest BCUT2D eigenvalue weighted by Crippen LogP contribution is -2.28. The molecule has 18 heavy (non-hydrogen) atoms. The summed E-state index contributed by atoms with van der Waals surface area (Å²) in [5.41, 5.74) is 0.181. The van der Waals surface area contributed by atoms with Crippen LogP contribution in [-0.2, 0) is 6.42 Å². The summed E-state index contributed by atoms with van der Waals surface area (Å²) in [6, 6.07) is 3.14. The van der Waals surface area contributed by atoms with Crippen LogP contribution in [-0.4, -0.2) is 12.6 Å². The van der Waals surface area contributed by atoms with Crippen LogP contribution in [0.2, 0.25) is 0 Å². The van der Waals surface area contributed by atoms with Crippen molar-refractivity contribution in [3.63, 3.8) is 0 Å². The Morgan fingerprint density at radius 3 is 2.50 bits per heavy atom. The number of nitrogens with one attached hydrogen (secondary N) is 1. The predicted molar refractivity (Wildman–Crippen MR) is 74.7 cm³/mol. The zero-order valence-corrected chi connectivity index (χ0v) is 12.7. The van der Waals surface area contributed by atoms with Crippen LogP contribution in [0.4, 0.5) is 8.78 Å². The summed E-state index contributed by atoms with van der Waals surface area (Å²) in [7, 11) is 0. The Morgan fingerprint density at radius 2 is 1.89 bits per heavy atom. The van der Waals surface area contributed by atoms with Gasteiger partial charge in [0.25, 0.3) is 0 Å². The predicted octanol–water partition coefficient (Wildman–Crippen LogP) is 4.29. The van der Waals surface area contributed by atoms with Crippen molar-refractivity contribution >= 4 is 15.9 Å². The summed E-state index contributed by atoms with van der Waals surface area (Å²) in [6.45, 7) is 7.12. The maximum absolute atomic E-state index is 13.7. The van der Waals surface area contributed by atoms with Crippen molar-refractivity contribution in [3.8, 4) is 0 Å². The summed E-state index contributed by atoms with van der Waals surface area (Å²) < 4.78 is 27.6. The van der Waals surface area contributed by atoms with E-state index in [1.165, 1.54) is 12.1 Å². The Hall–Kier alpha value is -0.480. The molecule has 1 aromatic rings. The molecular formula is C14H20BrF2N. The molecule has 0 bridgehead atoms. The molecule has 0 amide bonds. The molecule has 1 aromatic carbocycles. The summed E-state index contributed by atoms with van der Waals surface area (Å²) >= 11 is 3.08. The SMILES string of the molecule is CC(CCc1c(F)ccc(Br)c1F)CNC(C)C. The lowest BCUT2D eigenvalue weighted by Gasteiger charge is -2.15. The average molecular weight is 320 g/mol. The van der Waals surface area contributed by atoms with Gasteiger partial charge in [-0.3, -0.25) is 0 Å². The second kappa shape index (κ2) is 7.19. The van der Waals surface area contributed by atoms with Crippen LogP contribution >= 0.6 is 15.9 Å². The molecule has 0 radical (unpaired) electrons. The van der Waals surface area contributed by atoms with Crippen molar-refractivity contribution in [3.05, 3.63) is 33.8 Å². The van der Waals surface area contributed by atoms with Crippen molar-refractivity contribution in [2.75, 3.05) is 6.54 Å². The molecule has 1 nitrogen and oxygen atoms in total. The molecule has 0 saturated carbocycles. The van der Waals surface area contributed by atoms with Gasteiger partial charge in [-0.2, -0.15) is 0 Å². The zero-order valence-electron chi connectivity index (χ0n) is 11.1. The highest BCUT2D eigenvalue weighted by molar-refractivity contribution is 9.10. The van der Waals surface area contributed by atoms with E-state index in [4.69, 9.17) is 0 Å². The minimum Gasteiger partial charge on any atom is -0.314 e. The van der Waals surface area contributed by atoms with Gasteiger partial charge in [-0.15, -0.1) is 0 Å². The molecule has 0 saturated heterocycles. The van der Waals surface area contributed by atoms with Gasteiger partial charge in [-0.05, 0) is 53.4 Å². The van der Waals surface area contributed by atoms with Gasteiger partial charge >= 0.3 is 0 Å². The van der Waals surface area contributed by atoms with E-state index in [-0.39, 0.29) is 5.56 Å². The lowest BCUT2D eigenvalue weighted by atomic mass is 10.00. The van der Waals surface area contributed by atoms with Gasteiger partial charge in [0.1, 0.15) is 11.6 Å². The van der Waals surface area contributed by atoms with E-state index in [9.17, 15) is 8.78 Å². The van der Waals surface area contributed by atoms with Gasteiger partial charge in [0, 0.05) is 11.6 Å². The first kappa shape index (κ1) is 15.6. The van der Waals surface area contributed by atoms with Crippen LogP contribution in [0.3, 0.4) is 0 Å². The monoisotopic (exact) mass is 319 g/mol. The summed E-state index contributed by atoms with van der Waals surface area (Å²) in [6.07, 6.45) is 1.20. The van der Waals surface area contributed by atoms with E-state index in [0.29, 0.717) is 22.9 Å². The van der Waals surface area contributed by atoms with Crippen LogP contribution < -0.4 is 5.32 Å². The molecule has 0 aliphatic carbocycles. The number of rotatable bonds is 6. The van der Waals surface area contributed by atoms with Crippen LogP contribution in [0.25, 0.3) is 0 Å². The van der Waals surface area contributed by atoms with E-state index < -0.39 is 11.6 Å².